The van der Waals surface area contributed by atoms with Gasteiger partial charge < -0.3 is 42.1 Å². The van der Waals surface area contributed by atoms with Crippen LogP contribution in [-0.4, -0.2) is 74.1 Å². The molecular formula is C17H34N6O6. The Morgan fingerprint density at radius 1 is 1.14 bits per heavy atom. The van der Waals surface area contributed by atoms with Crippen LogP contribution in [0.15, 0.2) is 4.99 Å². The molecule has 0 aliphatic heterocycles. The summed E-state index contributed by atoms with van der Waals surface area (Å²) < 4.78 is 4.86. The van der Waals surface area contributed by atoms with Gasteiger partial charge >= 0.3 is 6.09 Å². The second-order valence-electron chi connectivity index (χ2n) is 6.34. The van der Waals surface area contributed by atoms with Gasteiger partial charge in [0.1, 0.15) is 18.9 Å². The van der Waals surface area contributed by atoms with Crippen LogP contribution in [0.4, 0.5) is 4.79 Å². The highest BCUT2D eigenvalue weighted by Crippen LogP contribution is 1.97. The van der Waals surface area contributed by atoms with E-state index in [0.29, 0.717) is 25.7 Å². The summed E-state index contributed by atoms with van der Waals surface area (Å²) >= 11 is 0. The summed E-state index contributed by atoms with van der Waals surface area (Å²) in [5.74, 6) is -0.947. The van der Waals surface area contributed by atoms with Crippen molar-refractivity contribution in [1.29, 1.82) is 0 Å². The summed E-state index contributed by atoms with van der Waals surface area (Å²) in [7, 11) is 1.00. The standard InChI is InChI=1S/C16H30N6O5.CH4O/c1-10(2)9-27-16(26)20-7-13(24)21-11(3)14(25)22-12(8-23)5-4-6-19-15(17)18;1-2/h8,10-12H,4-7,9H2,1-3H3,(H,20,26)(H,21,24)(H,22,25)(H4,17,18,19);2H,1H3/t11-,12-;/m0./s1. The van der Waals surface area contributed by atoms with Gasteiger partial charge in [-0.05, 0) is 25.7 Å². The van der Waals surface area contributed by atoms with Crippen molar-refractivity contribution in [2.24, 2.45) is 22.4 Å². The summed E-state index contributed by atoms with van der Waals surface area (Å²) in [5, 5.41) is 14.2. The third-order valence-corrected chi connectivity index (χ3v) is 3.17. The molecule has 0 aliphatic rings. The molecule has 12 heteroatoms. The minimum Gasteiger partial charge on any atom is -0.449 e. The fourth-order valence-corrected chi connectivity index (χ4v) is 1.81. The molecule has 12 nitrogen and oxygen atoms in total. The highest BCUT2D eigenvalue weighted by Gasteiger charge is 2.19. The summed E-state index contributed by atoms with van der Waals surface area (Å²) in [6, 6.07) is -1.60. The second kappa shape index (κ2) is 17.2. The monoisotopic (exact) mass is 418 g/mol. The zero-order valence-corrected chi connectivity index (χ0v) is 17.4. The number of guanidine groups is 1. The number of nitrogens with zero attached hydrogens (tertiary/aromatic N) is 1. The quantitative estimate of drug-likeness (QED) is 0.0924. The highest BCUT2D eigenvalue weighted by molar-refractivity contribution is 5.90. The average molecular weight is 418 g/mol. The number of carbonyl (C=O) groups is 4. The largest absolute Gasteiger partial charge is 0.449 e. The molecule has 29 heavy (non-hydrogen) atoms. The molecule has 0 saturated heterocycles. The molecule has 0 aromatic heterocycles. The minimum absolute atomic E-state index is 0.0419. The van der Waals surface area contributed by atoms with Gasteiger partial charge in [-0.3, -0.25) is 14.6 Å². The number of hydrogen-bond donors (Lipinski definition) is 6. The lowest BCUT2D eigenvalue weighted by atomic mass is 10.1. The number of alkyl carbamates (subject to hydrolysis) is 1. The van der Waals surface area contributed by atoms with Crippen molar-refractivity contribution in [2.75, 3.05) is 26.8 Å². The van der Waals surface area contributed by atoms with Gasteiger partial charge in [0.2, 0.25) is 11.8 Å². The molecule has 0 bridgehead atoms. The number of nitrogens with two attached hydrogens (primary N) is 2. The predicted octanol–water partition coefficient (Wildman–Crippen LogP) is -1.78. The third kappa shape index (κ3) is 17.0. The lowest BCUT2D eigenvalue weighted by Crippen LogP contribution is -2.50. The molecule has 0 saturated carbocycles. The first-order chi connectivity index (χ1) is 13.6. The average Bonchev–Trinajstić information content (AvgIpc) is 2.68. The van der Waals surface area contributed by atoms with Crippen molar-refractivity contribution >= 4 is 30.2 Å². The zero-order chi connectivity index (χ0) is 22.8. The molecule has 2 atom stereocenters. The number of ether oxygens (including phenoxy) is 1. The molecule has 0 aliphatic carbocycles. The van der Waals surface area contributed by atoms with Crippen LogP contribution in [0.2, 0.25) is 0 Å². The number of aliphatic hydroxyl groups is 1. The molecule has 0 fully saturated rings. The van der Waals surface area contributed by atoms with Crippen LogP contribution >= 0.6 is 0 Å². The molecule has 3 amide bonds. The van der Waals surface area contributed by atoms with E-state index in [0.717, 1.165) is 7.11 Å². The van der Waals surface area contributed by atoms with Gasteiger partial charge in [-0.1, -0.05) is 13.8 Å². The molecule has 0 aromatic carbocycles. The Kier molecular flexibility index (Phi) is 16.8. The van der Waals surface area contributed by atoms with Crippen molar-refractivity contribution in [3.8, 4) is 0 Å². The van der Waals surface area contributed by atoms with Crippen LogP contribution in [0.5, 0.6) is 0 Å². The van der Waals surface area contributed by atoms with E-state index < -0.39 is 30.0 Å². The topological polar surface area (TPSA) is 198 Å². The Balaban J connectivity index is 0. The van der Waals surface area contributed by atoms with Crippen LogP contribution in [0, 0.1) is 5.92 Å². The SMILES string of the molecule is CC(C)COC(=O)NCC(=O)N[C@@H](C)C(=O)N[C@H](C=O)CCCN=C(N)N.CO. The van der Waals surface area contributed by atoms with Crippen LogP contribution < -0.4 is 27.4 Å². The van der Waals surface area contributed by atoms with E-state index in [4.69, 9.17) is 21.3 Å². The van der Waals surface area contributed by atoms with E-state index >= 15 is 0 Å². The Bertz CT molecular complexity index is 537. The first-order valence-electron chi connectivity index (χ1n) is 9.11. The second-order valence-corrected chi connectivity index (χ2v) is 6.34. The maximum Gasteiger partial charge on any atom is 0.407 e. The Morgan fingerprint density at radius 3 is 2.28 bits per heavy atom. The van der Waals surface area contributed by atoms with Gasteiger partial charge in [0, 0.05) is 13.7 Å². The Hall–Kier alpha value is -2.89. The lowest BCUT2D eigenvalue weighted by Gasteiger charge is -2.17. The molecule has 0 aromatic rings. The zero-order valence-electron chi connectivity index (χ0n) is 17.4. The molecule has 0 radical (unpaired) electrons. The van der Waals surface area contributed by atoms with Gasteiger partial charge in [0.05, 0.1) is 12.6 Å². The van der Waals surface area contributed by atoms with E-state index in [1.807, 2.05) is 13.8 Å². The fraction of sp³-hybridized carbons (Fsp3) is 0.706. The van der Waals surface area contributed by atoms with Crippen molar-refractivity contribution < 1.29 is 29.0 Å². The number of nitrogens with one attached hydrogen (secondary N) is 3. The molecule has 0 unspecified atom stereocenters. The molecule has 168 valence electrons. The van der Waals surface area contributed by atoms with E-state index in [2.05, 4.69) is 20.9 Å². The van der Waals surface area contributed by atoms with Crippen LogP contribution in [-0.2, 0) is 19.1 Å². The number of hydrogen-bond acceptors (Lipinski definition) is 7. The first-order valence-corrected chi connectivity index (χ1v) is 9.11. The maximum atomic E-state index is 12.0. The van der Waals surface area contributed by atoms with Gasteiger partial charge in [0.15, 0.2) is 5.96 Å². The van der Waals surface area contributed by atoms with E-state index in [1.165, 1.54) is 6.92 Å². The number of rotatable bonds is 12. The minimum atomic E-state index is -0.883. The van der Waals surface area contributed by atoms with Crippen molar-refractivity contribution in [2.45, 2.75) is 45.7 Å². The number of carbonyl (C=O) groups excluding carboxylic acids is 4. The number of aliphatic imine (C=N–C) groups is 1. The van der Waals surface area contributed by atoms with Crippen molar-refractivity contribution in [3.05, 3.63) is 0 Å². The first kappa shape index (κ1) is 28.3. The number of amides is 3. The molecule has 0 heterocycles. The van der Waals surface area contributed by atoms with Gasteiger partial charge in [-0.25, -0.2) is 4.79 Å². The van der Waals surface area contributed by atoms with Gasteiger partial charge in [-0.15, -0.1) is 0 Å². The maximum absolute atomic E-state index is 12.0. The Morgan fingerprint density at radius 2 is 1.76 bits per heavy atom. The predicted molar refractivity (Wildman–Crippen MR) is 108 cm³/mol. The van der Waals surface area contributed by atoms with E-state index in [-0.39, 0.29) is 25.0 Å². The van der Waals surface area contributed by atoms with E-state index in [9.17, 15) is 19.2 Å². The number of aliphatic hydroxyl groups excluding tert-OH is 1. The van der Waals surface area contributed by atoms with Crippen LogP contribution in [0.1, 0.15) is 33.6 Å². The van der Waals surface area contributed by atoms with Crippen LogP contribution in [0.3, 0.4) is 0 Å². The third-order valence-electron chi connectivity index (χ3n) is 3.17. The fourth-order valence-electron chi connectivity index (χ4n) is 1.81. The summed E-state index contributed by atoms with van der Waals surface area (Å²) in [6.45, 7) is 5.48. The lowest BCUT2D eigenvalue weighted by molar-refractivity contribution is -0.129. The molecule has 8 N–H and O–H groups in total. The van der Waals surface area contributed by atoms with Crippen molar-refractivity contribution in [3.63, 3.8) is 0 Å². The summed E-state index contributed by atoms with van der Waals surface area (Å²) in [4.78, 5) is 50.0. The molecule has 0 spiro atoms. The molecule has 0 rings (SSSR count). The van der Waals surface area contributed by atoms with Gasteiger partial charge in [0.25, 0.3) is 0 Å². The Labute approximate surface area is 170 Å². The van der Waals surface area contributed by atoms with Gasteiger partial charge in [-0.2, -0.15) is 0 Å². The molecular weight excluding hydrogens is 384 g/mol. The van der Waals surface area contributed by atoms with Crippen molar-refractivity contribution in [1.82, 2.24) is 16.0 Å². The summed E-state index contributed by atoms with van der Waals surface area (Å²) in [5.41, 5.74) is 10.4. The normalized spacial score (nSPS) is 11.8. The van der Waals surface area contributed by atoms with Crippen LogP contribution in [0.25, 0.3) is 0 Å². The highest BCUT2D eigenvalue weighted by atomic mass is 16.5. The number of aldehydes is 1. The summed E-state index contributed by atoms with van der Waals surface area (Å²) in [6.07, 6.45) is 0.757. The smallest absolute Gasteiger partial charge is 0.407 e. The van der Waals surface area contributed by atoms with E-state index in [1.54, 1.807) is 0 Å².